The molecule has 0 saturated carbocycles. The van der Waals surface area contributed by atoms with Crippen LogP contribution in [0.1, 0.15) is 11.3 Å². The van der Waals surface area contributed by atoms with Crippen molar-refractivity contribution < 1.29 is 17.9 Å². The molecule has 0 amide bonds. The second-order valence-electron chi connectivity index (χ2n) is 4.30. The summed E-state index contributed by atoms with van der Waals surface area (Å²) in [5.74, 6) is 1.19. The van der Waals surface area contributed by atoms with Crippen LogP contribution in [0.25, 0.3) is 11.4 Å². The lowest BCUT2D eigenvalue weighted by Crippen LogP contribution is -2.17. The van der Waals surface area contributed by atoms with Gasteiger partial charge in [0.05, 0.1) is 11.3 Å². The average Bonchev–Trinajstić information content (AvgIpc) is 2.86. The number of halogens is 4. The van der Waals surface area contributed by atoms with Gasteiger partial charge < -0.3 is 4.74 Å². The Labute approximate surface area is 127 Å². The van der Waals surface area contributed by atoms with E-state index in [-0.39, 0.29) is 22.3 Å². The minimum atomic E-state index is -4.77. The van der Waals surface area contributed by atoms with Gasteiger partial charge in [-0.1, -0.05) is 23.7 Å². The van der Waals surface area contributed by atoms with Crippen molar-refractivity contribution in [3.05, 3.63) is 40.7 Å². The van der Waals surface area contributed by atoms with Crippen molar-refractivity contribution in [3.63, 3.8) is 0 Å². The van der Waals surface area contributed by atoms with Gasteiger partial charge in [0.2, 0.25) is 0 Å². The first-order valence-electron chi connectivity index (χ1n) is 5.92. The van der Waals surface area contributed by atoms with Gasteiger partial charge in [-0.25, -0.2) is 9.97 Å². The number of benzene rings is 1. The van der Waals surface area contributed by atoms with E-state index in [1.165, 1.54) is 18.2 Å². The Morgan fingerprint density at radius 2 is 1.90 bits per heavy atom. The molecule has 0 saturated heterocycles. The average molecular weight is 333 g/mol. The first-order chi connectivity index (χ1) is 9.94. The van der Waals surface area contributed by atoms with Crippen molar-refractivity contribution in [2.45, 2.75) is 17.9 Å². The summed E-state index contributed by atoms with van der Waals surface area (Å²) in [7, 11) is 0. The zero-order valence-electron chi connectivity index (χ0n) is 10.4. The molecule has 0 radical (unpaired) electrons. The minimum Gasteiger partial charge on any atom is -0.405 e. The molecule has 0 spiro atoms. The molecule has 0 fully saturated rings. The van der Waals surface area contributed by atoms with E-state index in [1.54, 1.807) is 17.8 Å². The topological polar surface area (TPSA) is 35.0 Å². The van der Waals surface area contributed by atoms with Crippen molar-refractivity contribution in [1.29, 1.82) is 0 Å². The normalized spacial score (nSPS) is 14.1. The number of thioether (sulfide) groups is 1. The summed E-state index contributed by atoms with van der Waals surface area (Å²) in [4.78, 5) is 8.41. The third-order valence-electron chi connectivity index (χ3n) is 2.88. The van der Waals surface area contributed by atoms with Crippen LogP contribution in [0.4, 0.5) is 13.2 Å². The molecule has 0 unspecified atom stereocenters. The van der Waals surface area contributed by atoms with E-state index in [4.69, 9.17) is 11.6 Å². The van der Waals surface area contributed by atoms with Crippen LogP contribution >= 0.6 is 23.4 Å². The second-order valence-corrected chi connectivity index (χ2v) is 5.64. The van der Waals surface area contributed by atoms with Crippen molar-refractivity contribution in [1.82, 2.24) is 9.97 Å². The molecule has 1 aromatic heterocycles. The number of alkyl halides is 3. The third kappa shape index (κ3) is 3.08. The molecule has 3 nitrogen and oxygen atoms in total. The molecule has 2 heterocycles. The first-order valence-corrected chi connectivity index (χ1v) is 7.45. The van der Waals surface area contributed by atoms with Crippen LogP contribution in [0, 0.1) is 0 Å². The first kappa shape index (κ1) is 14.5. The molecule has 0 N–H and O–H groups in total. The van der Waals surface area contributed by atoms with Gasteiger partial charge in [0.1, 0.15) is 10.9 Å². The maximum absolute atomic E-state index is 12.4. The van der Waals surface area contributed by atoms with E-state index < -0.39 is 6.36 Å². The molecule has 1 aromatic carbocycles. The standard InChI is InChI=1S/C13H8ClF3N2OS/c14-11-8-5-21-6-9(8)18-12(19-11)7-3-1-2-4-10(7)20-13(15,16)17/h1-4H,5-6H2. The Bertz CT molecular complexity index is 694. The van der Waals surface area contributed by atoms with Crippen molar-refractivity contribution >= 4 is 23.4 Å². The van der Waals surface area contributed by atoms with Crippen molar-refractivity contribution in [3.8, 4) is 17.1 Å². The number of aromatic nitrogens is 2. The maximum Gasteiger partial charge on any atom is 0.573 e. The Kier molecular flexibility index (Phi) is 3.71. The van der Waals surface area contributed by atoms with Crippen LogP contribution in [0.2, 0.25) is 5.15 Å². The molecule has 2 aromatic rings. The SMILES string of the molecule is FC(F)(F)Oc1ccccc1-c1nc(Cl)c2c(n1)CSC2. The summed E-state index contributed by atoms with van der Waals surface area (Å²) >= 11 is 7.72. The van der Waals surface area contributed by atoms with E-state index in [2.05, 4.69) is 14.7 Å². The highest BCUT2D eigenvalue weighted by Crippen LogP contribution is 2.37. The molecule has 110 valence electrons. The quantitative estimate of drug-likeness (QED) is 0.761. The number of ether oxygens (including phenoxy) is 1. The molecule has 0 atom stereocenters. The lowest BCUT2D eigenvalue weighted by atomic mass is 10.1. The van der Waals surface area contributed by atoms with E-state index in [1.807, 2.05) is 0 Å². The highest BCUT2D eigenvalue weighted by molar-refractivity contribution is 7.98. The zero-order valence-corrected chi connectivity index (χ0v) is 12.0. The summed E-state index contributed by atoms with van der Waals surface area (Å²) in [6.07, 6.45) is -4.77. The second kappa shape index (κ2) is 5.38. The van der Waals surface area contributed by atoms with E-state index in [9.17, 15) is 13.2 Å². The lowest BCUT2D eigenvalue weighted by molar-refractivity contribution is -0.274. The number of fused-ring (bicyclic) bond motifs is 1. The van der Waals surface area contributed by atoms with Gasteiger partial charge in [-0.05, 0) is 12.1 Å². The zero-order chi connectivity index (χ0) is 15.0. The number of hydrogen-bond acceptors (Lipinski definition) is 4. The van der Waals surface area contributed by atoms with Crippen LogP contribution in [-0.2, 0) is 11.5 Å². The Morgan fingerprint density at radius 3 is 2.67 bits per heavy atom. The number of para-hydroxylation sites is 1. The summed E-state index contributed by atoms with van der Waals surface area (Å²) in [5, 5.41) is 0.279. The van der Waals surface area contributed by atoms with Crippen LogP contribution in [0.15, 0.2) is 24.3 Å². The Balaban J connectivity index is 2.07. The van der Waals surface area contributed by atoms with Gasteiger partial charge >= 0.3 is 6.36 Å². The maximum atomic E-state index is 12.4. The van der Waals surface area contributed by atoms with Gasteiger partial charge in [-0.15, -0.1) is 13.2 Å². The fourth-order valence-corrected chi connectivity index (χ4v) is 3.37. The van der Waals surface area contributed by atoms with Gasteiger partial charge in [-0.2, -0.15) is 11.8 Å². The summed E-state index contributed by atoms with van der Waals surface area (Å²) in [6, 6.07) is 5.75. The van der Waals surface area contributed by atoms with E-state index in [0.717, 1.165) is 17.0 Å². The summed E-state index contributed by atoms with van der Waals surface area (Å²) in [6.45, 7) is 0. The molecule has 0 aliphatic carbocycles. The molecule has 0 bridgehead atoms. The van der Waals surface area contributed by atoms with Gasteiger partial charge in [0.15, 0.2) is 5.82 Å². The predicted molar refractivity (Wildman–Crippen MR) is 74.2 cm³/mol. The molecular formula is C13H8ClF3N2OS. The number of rotatable bonds is 2. The summed E-state index contributed by atoms with van der Waals surface area (Å²) < 4.78 is 41.3. The molecule has 1 aliphatic heterocycles. The van der Waals surface area contributed by atoms with E-state index in [0.29, 0.717) is 5.75 Å². The fraction of sp³-hybridized carbons (Fsp3) is 0.231. The molecule has 1 aliphatic rings. The van der Waals surface area contributed by atoms with Crippen LogP contribution < -0.4 is 4.74 Å². The molecule has 8 heteroatoms. The summed E-state index contributed by atoms with van der Waals surface area (Å²) in [5.41, 5.74) is 1.77. The van der Waals surface area contributed by atoms with Gasteiger partial charge in [-0.3, -0.25) is 0 Å². The molecule has 3 rings (SSSR count). The van der Waals surface area contributed by atoms with Gasteiger partial charge in [0.25, 0.3) is 0 Å². The highest BCUT2D eigenvalue weighted by atomic mass is 35.5. The largest absolute Gasteiger partial charge is 0.573 e. The van der Waals surface area contributed by atoms with Gasteiger partial charge in [0, 0.05) is 17.1 Å². The fourth-order valence-electron chi connectivity index (χ4n) is 2.00. The highest BCUT2D eigenvalue weighted by Gasteiger charge is 2.32. The third-order valence-corrected chi connectivity index (χ3v) is 4.16. The number of hydrogen-bond donors (Lipinski definition) is 0. The van der Waals surface area contributed by atoms with Crippen LogP contribution in [-0.4, -0.2) is 16.3 Å². The van der Waals surface area contributed by atoms with Crippen molar-refractivity contribution in [2.24, 2.45) is 0 Å². The minimum absolute atomic E-state index is 0.140. The Morgan fingerprint density at radius 1 is 1.14 bits per heavy atom. The smallest absolute Gasteiger partial charge is 0.405 e. The van der Waals surface area contributed by atoms with Crippen LogP contribution in [0.3, 0.4) is 0 Å². The molecule has 21 heavy (non-hydrogen) atoms. The number of nitrogens with zero attached hydrogens (tertiary/aromatic N) is 2. The molecular weight excluding hydrogens is 325 g/mol. The predicted octanol–water partition coefficient (Wildman–Crippen LogP) is 4.44. The lowest BCUT2D eigenvalue weighted by Gasteiger charge is -2.13. The Hall–Kier alpha value is -1.47. The van der Waals surface area contributed by atoms with E-state index >= 15 is 0 Å². The van der Waals surface area contributed by atoms with Crippen LogP contribution in [0.5, 0.6) is 5.75 Å². The monoisotopic (exact) mass is 332 g/mol. The van der Waals surface area contributed by atoms with Crippen molar-refractivity contribution in [2.75, 3.05) is 0 Å².